The topological polar surface area (TPSA) is 119 Å². The Morgan fingerprint density at radius 2 is 1.62 bits per heavy atom. The van der Waals surface area contributed by atoms with E-state index in [9.17, 15) is 25.2 Å². The molecule has 0 saturated heterocycles. The highest BCUT2D eigenvalue weighted by molar-refractivity contribution is 5.67. The summed E-state index contributed by atoms with van der Waals surface area (Å²) < 4.78 is 4.97. The van der Waals surface area contributed by atoms with Crippen molar-refractivity contribution in [2.24, 2.45) is 0 Å². The van der Waals surface area contributed by atoms with Crippen LogP contribution in [0.3, 0.4) is 0 Å². The average molecular weight is 333 g/mol. The predicted octanol–water partition coefficient (Wildman–Crippen LogP) is 1.42. The normalized spacial score (nSPS) is 13.1. The summed E-state index contributed by atoms with van der Waals surface area (Å²) >= 11 is 0. The van der Waals surface area contributed by atoms with Crippen molar-refractivity contribution >= 4 is 6.09 Å². The molecule has 7 nitrogen and oxygen atoms in total. The highest BCUT2D eigenvalue weighted by Gasteiger charge is 2.25. The number of phenolic OH excluding ortho intramolecular Hbond substituents is 2. The van der Waals surface area contributed by atoms with E-state index in [1.165, 1.54) is 18.2 Å². The number of phenols is 2. The Kier molecular flexibility index (Phi) is 6.00. The van der Waals surface area contributed by atoms with Gasteiger partial charge in [-0.15, -0.1) is 0 Å². The molecule has 0 aliphatic rings. The largest absolute Gasteiger partial charge is 0.507 e. The summed E-state index contributed by atoms with van der Waals surface area (Å²) in [4.78, 5) is 11.6. The second-order valence-electron chi connectivity index (χ2n) is 5.16. The fourth-order valence-corrected chi connectivity index (χ4v) is 2.11. The summed E-state index contributed by atoms with van der Waals surface area (Å²) in [7, 11) is 0. The van der Waals surface area contributed by atoms with Crippen molar-refractivity contribution in [2.75, 3.05) is 6.54 Å². The van der Waals surface area contributed by atoms with Gasteiger partial charge in [-0.1, -0.05) is 36.4 Å². The minimum absolute atomic E-state index is 0.0750. The molecule has 128 valence electrons. The van der Waals surface area contributed by atoms with E-state index in [1.807, 2.05) is 18.2 Å². The van der Waals surface area contributed by atoms with Gasteiger partial charge < -0.3 is 30.5 Å². The molecule has 0 aliphatic carbocycles. The maximum atomic E-state index is 11.6. The number of rotatable bonds is 6. The molecular formula is C17H19NO6. The molecule has 24 heavy (non-hydrogen) atoms. The molecule has 0 radical (unpaired) electrons. The van der Waals surface area contributed by atoms with Crippen LogP contribution in [0, 0.1) is 0 Å². The van der Waals surface area contributed by atoms with E-state index in [1.54, 1.807) is 12.1 Å². The standard InChI is InChI=1S/C17H19NO6/c19-12-7-4-8-13(20)15(12)16(22)14(21)9-18-17(23)24-10-11-5-2-1-3-6-11/h1-8,14,16,19-22H,9-10H2,(H,18,23). The van der Waals surface area contributed by atoms with Gasteiger partial charge in [0, 0.05) is 6.54 Å². The summed E-state index contributed by atoms with van der Waals surface area (Å²) in [5.41, 5.74) is 0.608. The monoisotopic (exact) mass is 333 g/mol. The minimum atomic E-state index is -1.57. The fraction of sp³-hybridized carbons (Fsp3) is 0.235. The van der Waals surface area contributed by atoms with E-state index < -0.39 is 18.3 Å². The Balaban J connectivity index is 1.83. The first-order chi connectivity index (χ1) is 11.5. The number of carbonyl (C=O) groups is 1. The van der Waals surface area contributed by atoms with Crippen molar-refractivity contribution in [3.05, 3.63) is 59.7 Å². The van der Waals surface area contributed by atoms with Crippen molar-refractivity contribution in [3.8, 4) is 11.5 Å². The van der Waals surface area contributed by atoms with Crippen molar-refractivity contribution in [3.63, 3.8) is 0 Å². The number of benzene rings is 2. The molecule has 0 aliphatic heterocycles. The zero-order valence-corrected chi connectivity index (χ0v) is 12.8. The number of aliphatic hydroxyl groups is 2. The minimum Gasteiger partial charge on any atom is -0.507 e. The Morgan fingerprint density at radius 3 is 2.25 bits per heavy atom. The lowest BCUT2D eigenvalue weighted by atomic mass is 10.0. The lowest BCUT2D eigenvalue weighted by molar-refractivity contribution is 0.0158. The van der Waals surface area contributed by atoms with Crippen LogP contribution in [0.15, 0.2) is 48.5 Å². The highest BCUT2D eigenvalue weighted by atomic mass is 16.5. The van der Waals surface area contributed by atoms with Crippen LogP contribution in [0.25, 0.3) is 0 Å². The summed E-state index contributed by atoms with van der Waals surface area (Å²) in [6, 6.07) is 13.0. The number of hydrogen-bond donors (Lipinski definition) is 5. The third kappa shape index (κ3) is 4.61. The molecule has 2 aromatic carbocycles. The molecule has 2 rings (SSSR count). The second-order valence-corrected chi connectivity index (χ2v) is 5.16. The van der Waals surface area contributed by atoms with Crippen molar-refractivity contribution in [1.29, 1.82) is 0 Å². The fourth-order valence-electron chi connectivity index (χ4n) is 2.11. The van der Waals surface area contributed by atoms with Crippen LogP contribution < -0.4 is 5.32 Å². The van der Waals surface area contributed by atoms with E-state index in [2.05, 4.69) is 5.32 Å². The van der Waals surface area contributed by atoms with Crippen LogP contribution in [0.4, 0.5) is 4.79 Å². The van der Waals surface area contributed by atoms with Crippen LogP contribution in [0.1, 0.15) is 17.2 Å². The first kappa shape index (κ1) is 17.6. The van der Waals surface area contributed by atoms with Crippen LogP contribution in [0.2, 0.25) is 0 Å². The molecule has 5 N–H and O–H groups in total. The van der Waals surface area contributed by atoms with Gasteiger partial charge in [0.05, 0.1) is 5.56 Å². The molecule has 0 heterocycles. The van der Waals surface area contributed by atoms with Gasteiger partial charge in [0.1, 0.15) is 30.3 Å². The van der Waals surface area contributed by atoms with Crippen molar-refractivity contribution in [2.45, 2.75) is 18.8 Å². The first-order valence-corrected chi connectivity index (χ1v) is 7.30. The number of aliphatic hydroxyl groups excluding tert-OH is 2. The summed E-state index contributed by atoms with van der Waals surface area (Å²) in [6.07, 6.45) is -3.76. The number of hydrogen-bond acceptors (Lipinski definition) is 6. The van der Waals surface area contributed by atoms with E-state index in [4.69, 9.17) is 4.74 Å². The van der Waals surface area contributed by atoms with Gasteiger partial charge in [-0.25, -0.2) is 4.79 Å². The summed E-state index contributed by atoms with van der Waals surface area (Å²) in [5.74, 6) is -0.707. The zero-order chi connectivity index (χ0) is 17.5. The maximum Gasteiger partial charge on any atom is 0.407 e. The first-order valence-electron chi connectivity index (χ1n) is 7.30. The summed E-state index contributed by atoms with van der Waals surface area (Å²) in [5, 5.41) is 41.5. The molecule has 0 spiro atoms. The third-order valence-electron chi connectivity index (χ3n) is 3.39. The lowest BCUT2D eigenvalue weighted by Gasteiger charge is -2.20. The molecule has 2 atom stereocenters. The SMILES string of the molecule is O=C(NCC(O)C(O)c1c(O)cccc1O)OCc1ccccc1. The molecule has 0 saturated carbocycles. The molecule has 2 aromatic rings. The van der Waals surface area contributed by atoms with E-state index in [0.717, 1.165) is 5.56 Å². The Bertz CT molecular complexity index is 656. The van der Waals surface area contributed by atoms with E-state index in [-0.39, 0.29) is 30.2 Å². The zero-order valence-electron chi connectivity index (χ0n) is 12.8. The van der Waals surface area contributed by atoms with Crippen LogP contribution in [-0.2, 0) is 11.3 Å². The second kappa shape index (κ2) is 8.19. The van der Waals surface area contributed by atoms with Gasteiger partial charge in [-0.05, 0) is 17.7 Å². The Hall–Kier alpha value is -2.77. The lowest BCUT2D eigenvalue weighted by Crippen LogP contribution is -2.35. The number of ether oxygens (including phenoxy) is 1. The Labute approximate surface area is 138 Å². The number of aromatic hydroxyl groups is 2. The quantitative estimate of drug-likeness (QED) is 0.545. The molecular weight excluding hydrogens is 314 g/mol. The van der Waals surface area contributed by atoms with Gasteiger partial charge in [0.25, 0.3) is 0 Å². The van der Waals surface area contributed by atoms with E-state index >= 15 is 0 Å². The molecule has 2 unspecified atom stereocenters. The van der Waals surface area contributed by atoms with E-state index in [0.29, 0.717) is 0 Å². The average Bonchev–Trinajstić information content (AvgIpc) is 2.58. The van der Waals surface area contributed by atoms with Crippen molar-refractivity contribution in [1.82, 2.24) is 5.32 Å². The van der Waals surface area contributed by atoms with Crippen molar-refractivity contribution < 1.29 is 30.0 Å². The Morgan fingerprint density at radius 1 is 1.00 bits per heavy atom. The number of alkyl carbamates (subject to hydrolysis) is 1. The van der Waals surface area contributed by atoms with Crippen LogP contribution >= 0.6 is 0 Å². The molecule has 0 aromatic heterocycles. The number of amides is 1. The smallest absolute Gasteiger partial charge is 0.407 e. The van der Waals surface area contributed by atoms with Gasteiger partial charge in [0.15, 0.2) is 0 Å². The van der Waals surface area contributed by atoms with Gasteiger partial charge in [-0.3, -0.25) is 0 Å². The van der Waals surface area contributed by atoms with Crippen LogP contribution in [0.5, 0.6) is 11.5 Å². The van der Waals surface area contributed by atoms with Gasteiger partial charge in [0.2, 0.25) is 0 Å². The third-order valence-corrected chi connectivity index (χ3v) is 3.39. The van der Waals surface area contributed by atoms with Gasteiger partial charge in [-0.2, -0.15) is 0 Å². The van der Waals surface area contributed by atoms with Crippen LogP contribution in [-0.4, -0.2) is 39.2 Å². The predicted molar refractivity (Wildman–Crippen MR) is 85.4 cm³/mol. The number of nitrogens with one attached hydrogen (secondary N) is 1. The number of carbonyl (C=O) groups excluding carboxylic acids is 1. The molecule has 1 amide bonds. The highest BCUT2D eigenvalue weighted by Crippen LogP contribution is 2.33. The molecule has 7 heteroatoms. The molecule has 0 fully saturated rings. The molecule has 0 bridgehead atoms. The maximum absolute atomic E-state index is 11.6. The van der Waals surface area contributed by atoms with Gasteiger partial charge >= 0.3 is 6.09 Å². The summed E-state index contributed by atoms with van der Waals surface area (Å²) in [6.45, 7) is -0.242.